The molecule has 3 rings (SSSR count). The van der Waals surface area contributed by atoms with Gasteiger partial charge in [-0.15, -0.1) is 0 Å². The molecule has 1 aliphatic rings. The molecule has 0 radical (unpaired) electrons. The number of rotatable bonds is 3. The van der Waals surface area contributed by atoms with Crippen molar-refractivity contribution in [1.82, 2.24) is 0 Å². The molecule has 0 aromatic heterocycles. The molecule has 0 bridgehead atoms. The van der Waals surface area contributed by atoms with Crippen LogP contribution in [0.5, 0.6) is 0 Å². The van der Waals surface area contributed by atoms with Crippen molar-refractivity contribution in [3.05, 3.63) is 58.6 Å². The number of benzene rings is 2. The fraction of sp³-hybridized carbons (Fsp3) is 0.263. The van der Waals surface area contributed by atoms with Crippen molar-refractivity contribution in [1.29, 1.82) is 0 Å². The number of carbonyl (C=O) groups excluding carboxylic acids is 2. The first kappa shape index (κ1) is 19.2. The normalized spacial score (nSPS) is 17.3. The molecular formula is C19H16ClF3N2O2. The van der Waals surface area contributed by atoms with Gasteiger partial charge in [-0.2, -0.15) is 13.2 Å². The molecule has 2 aromatic carbocycles. The van der Waals surface area contributed by atoms with Gasteiger partial charge in [0, 0.05) is 23.7 Å². The van der Waals surface area contributed by atoms with Crippen LogP contribution in [0.3, 0.4) is 0 Å². The van der Waals surface area contributed by atoms with E-state index in [0.29, 0.717) is 16.3 Å². The highest BCUT2D eigenvalue weighted by molar-refractivity contribution is 6.31. The number of carbonyl (C=O) groups is 2. The van der Waals surface area contributed by atoms with Crippen molar-refractivity contribution in [3.63, 3.8) is 0 Å². The van der Waals surface area contributed by atoms with Crippen molar-refractivity contribution in [2.24, 2.45) is 5.92 Å². The van der Waals surface area contributed by atoms with E-state index in [1.54, 1.807) is 25.1 Å². The third kappa shape index (κ3) is 3.93. The van der Waals surface area contributed by atoms with E-state index in [9.17, 15) is 22.8 Å². The topological polar surface area (TPSA) is 49.4 Å². The summed E-state index contributed by atoms with van der Waals surface area (Å²) in [6, 6.07) is 9.86. The summed E-state index contributed by atoms with van der Waals surface area (Å²) in [7, 11) is 0. The molecule has 0 spiro atoms. The highest BCUT2D eigenvalue weighted by atomic mass is 35.5. The minimum absolute atomic E-state index is 0.0774. The molecule has 1 heterocycles. The number of nitrogens with zero attached hydrogens (tertiary/aromatic N) is 1. The number of alkyl halides is 3. The molecule has 1 saturated heterocycles. The molecule has 0 aliphatic carbocycles. The van der Waals surface area contributed by atoms with Crippen LogP contribution in [0.1, 0.15) is 17.5 Å². The lowest BCUT2D eigenvalue weighted by molar-refractivity contribution is -0.137. The number of halogens is 4. The molecule has 0 unspecified atom stereocenters. The van der Waals surface area contributed by atoms with Crippen LogP contribution in [0, 0.1) is 12.8 Å². The first-order valence-electron chi connectivity index (χ1n) is 8.21. The van der Waals surface area contributed by atoms with Crippen molar-refractivity contribution >= 4 is 34.8 Å². The summed E-state index contributed by atoms with van der Waals surface area (Å²) in [6.07, 6.45) is -4.66. The maximum absolute atomic E-state index is 13.1. The van der Waals surface area contributed by atoms with Gasteiger partial charge in [0.25, 0.3) is 0 Å². The van der Waals surface area contributed by atoms with Crippen LogP contribution in [-0.4, -0.2) is 18.4 Å². The maximum atomic E-state index is 13.1. The minimum atomic E-state index is -4.58. The van der Waals surface area contributed by atoms with Gasteiger partial charge < -0.3 is 10.2 Å². The number of anilines is 2. The standard InChI is InChI=1S/C19H16ClF3N2O2/c1-11-14(20)6-4-8-16(11)25-10-12(9-17(25)26)18(27)24-15-7-3-2-5-13(15)19(21,22)23/h2-8,12H,9-10H2,1H3,(H,24,27)/t12-/m1/s1. The van der Waals surface area contributed by atoms with Crippen molar-refractivity contribution in [2.75, 3.05) is 16.8 Å². The van der Waals surface area contributed by atoms with Gasteiger partial charge in [-0.3, -0.25) is 9.59 Å². The smallest absolute Gasteiger partial charge is 0.325 e. The average Bonchev–Trinajstić information content (AvgIpc) is 2.99. The molecule has 0 saturated carbocycles. The molecule has 8 heteroatoms. The van der Waals surface area contributed by atoms with E-state index in [2.05, 4.69) is 5.32 Å². The van der Waals surface area contributed by atoms with E-state index < -0.39 is 23.6 Å². The molecule has 1 N–H and O–H groups in total. The number of para-hydroxylation sites is 1. The van der Waals surface area contributed by atoms with E-state index in [-0.39, 0.29) is 24.6 Å². The molecule has 142 valence electrons. The molecular weight excluding hydrogens is 381 g/mol. The first-order chi connectivity index (χ1) is 12.7. The number of amides is 2. The van der Waals surface area contributed by atoms with Crippen LogP contribution in [0.4, 0.5) is 24.5 Å². The summed E-state index contributed by atoms with van der Waals surface area (Å²) >= 11 is 6.08. The Labute approximate surface area is 158 Å². The fourth-order valence-corrected chi connectivity index (χ4v) is 3.25. The lowest BCUT2D eigenvalue weighted by Gasteiger charge is -2.20. The number of nitrogens with one attached hydrogen (secondary N) is 1. The molecule has 2 aromatic rings. The summed E-state index contributed by atoms with van der Waals surface area (Å²) in [5.74, 6) is -1.65. The summed E-state index contributed by atoms with van der Waals surface area (Å²) in [4.78, 5) is 26.3. The van der Waals surface area contributed by atoms with Gasteiger partial charge in [0.15, 0.2) is 0 Å². The number of hydrogen-bond donors (Lipinski definition) is 1. The Balaban J connectivity index is 1.78. The highest BCUT2D eigenvalue weighted by Crippen LogP contribution is 2.36. The lowest BCUT2D eigenvalue weighted by Crippen LogP contribution is -2.29. The molecule has 2 amide bonds. The fourth-order valence-electron chi connectivity index (χ4n) is 3.08. The van der Waals surface area contributed by atoms with Crippen LogP contribution < -0.4 is 10.2 Å². The van der Waals surface area contributed by atoms with E-state index in [0.717, 1.165) is 6.07 Å². The Morgan fingerprint density at radius 2 is 1.89 bits per heavy atom. The van der Waals surface area contributed by atoms with Crippen LogP contribution >= 0.6 is 11.6 Å². The predicted octanol–water partition coefficient (Wildman–Crippen LogP) is 4.66. The third-order valence-corrected chi connectivity index (χ3v) is 4.93. The van der Waals surface area contributed by atoms with Gasteiger partial charge in [0.1, 0.15) is 0 Å². The summed E-state index contributed by atoms with van der Waals surface area (Å²) in [5, 5.41) is 2.81. The largest absolute Gasteiger partial charge is 0.418 e. The molecule has 1 fully saturated rings. The predicted molar refractivity (Wildman–Crippen MR) is 96.7 cm³/mol. The summed E-state index contributed by atoms with van der Waals surface area (Å²) < 4.78 is 39.2. The average molecular weight is 397 g/mol. The zero-order valence-electron chi connectivity index (χ0n) is 14.3. The Morgan fingerprint density at radius 3 is 2.59 bits per heavy atom. The van der Waals surface area contributed by atoms with Gasteiger partial charge in [-0.1, -0.05) is 29.8 Å². The van der Waals surface area contributed by atoms with Gasteiger partial charge in [-0.25, -0.2) is 0 Å². The van der Waals surface area contributed by atoms with Crippen LogP contribution in [-0.2, 0) is 15.8 Å². The Bertz CT molecular complexity index is 899. The second-order valence-corrected chi connectivity index (χ2v) is 6.73. The zero-order chi connectivity index (χ0) is 19.8. The Morgan fingerprint density at radius 1 is 1.19 bits per heavy atom. The van der Waals surface area contributed by atoms with Crippen LogP contribution in [0.15, 0.2) is 42.5 Å². The van der Waals surface area contributed by atoms with E-state index in [1.807, 2.05) is 0 Å². The monoisotopic (exact) mass is 396 g/mol. The maximum Gasteiger partial charge on any atom is 0.418 e. The Hall–Kier alpha value is -2.54. The van der Waals surface area contributed by atoms with Crippen LogP contribution in [0.25, 0.3) is 0 Å². The second-order valence-electron chi connectivity index (χ2n) is 6.32. The Kier molecular flexibility index (Phi) is 5.15. The molecule has 27 heavy (non-hydrogen) atoms. The van der Waals surface area contributed by atoms with Crippen LogP contribution in [0.2, 0.25) is 5.02 Å². The van der Waals surface area contributed by atoms with E-state index in [4.69, 9.17) is 11.6 Å². The number of hydrogen-bond acceptors (Lipinski definition) is 2. The summed E-state index contributed by atoms with van der Waals surface area (Å²) in [5.41, 5.74) is 0.0551. The lowest BCUT2D eigenvalue weighted by atomic mass is 10.1. The molecule has 1 atom stereocenters. The van der Waals surface area contributed by atoms with Gasteiger partial charge in [-0.05, 0) is 36.8 Å². The quantitative estimate of drug-likeness (QED) is 0.820. The molecule has 1 aliphatic heterocycles. The highest BCUT2D eigenvalue weighted by Gasteiger charge is 2.38. The molecule has 4 nitrogen and oxygen atoms in total. The van der Waals surface area contributed by atoms with Crippen molar-refractivity contribution < 1.29 is 22.8 Å². The summed E-state index contributed by atoms with van der Waals surface area (Å²) in [6.45, 7) is 1.85. The van der Waals surface area contributed by atoms with Gasteiger partial charge in [0.05, 0.1) is 17.2 Å². The first-order valence-corrected chi connectivity index (χ1v) is 8.59. The van der Waals surface area contributed by atoms with E-state index in [1.165, 1.54) is 23.1 Å². The van der Waals surface area contributed by atoms with Crippen molar-refractivity contribution in [3.8, 4) is 0 Å². The van der Waals surface area contributed by atoms with Gasteiger partial charge in [0.2, 0.25) is 11.8 Å². The SMILES string of the molecule is Cc1c(Cl)cccc1N1C[C@H](C(=O)Nc2ccccc2C(F)(F)F)CC1=O. The van der Waals surface area contributed by atoms with E-state index >= 15 is 0 Å². The third-order valence-electron chi connectivity index (χ3n) is 4.52. The minimum Gasteiger partial charge on any atom is -0.325 e. The van der Waals surface area contributed by atoms with Crippen molar-refractivity contribution in [2.45, 2.75) is 19.5 Å². The zero-order valence-corrected chi connectivity index (χ0v) is 15.1. The second kappa shape index (κ2) is 7.23. The van der Waals surface area contributed by atoms with Gasteiger partial charge >= 0.3 is 6.18 Å².